The first-order valence-electron chi connectivity index (χ1n) is 8.78. The Kier molecular flexibility index (Phi) is 7.91. The molecule has 3 nitrogen and oxygen atoms in total. The molecule has 33 heavy (non-hydrogen) atoms. The van der Waals surface area contributed by atoms with E-state index in [0.717, 1.165) is 5.56 Å². The lowest BCUT2D eigenvalue weighted by Crippen LogP contribution is -2.67. The molecule has 1 atom stereocenters. The van der Waals surface area contributed by atoms with E-state index in [1.54, 1.807) is 26.0 Å². The van der Waals surface area contributed by atoms with Crippen LogP contribution in [-0.4, -0.2) is 47.5 Å². The Bertz CT molecular complexity index is 891. The van der Waals surface area contributed by atoms with E-state index >= 15 is 0 Å². The number of alkyl halides is 11. The largest absolute Gasteiger partial charge is 0.460 e. The summed E-state index contributed by atoms with van der Waals surface area (Å²) in [5.74, 6) is -30.6. The summed E-state index contributed by atoms with van der Waals surface area (Å²) < 4.78 is 146. The van der Waals surface area contributed by atoms with Gasteiger partial charge in [-0.15, -0.1) is 0 Å². The standard InChI is InChI=1S/C19H17F11O3/c1-9-4-5-12(10(2)6-9)13(31)7-11(3)14(32)33-8-15(20,21)16(22,23)17(24,25)18(26,27)19(28,29)30/h4-6,13,31H,3,7-8H2,1-2H3. The van der Waals surface area contributed by atoms with Gasteiger partial charge in [0, 0.05) is 12.0 Å². The van der Waals surface area contributed by atoms with Gasteiger partial charge in [0.1, 0.15) is 0 Å². The van der Waals surface area contributed by atoms with E-state index in [1.165, 1.54) is 6.07 Å². The van der Waals surface area contributed by atoms with Gasteiger partial charge >= 0.3 is 35.8 Å². The number of aliphatic hydroxyl groups excluding tert-OH is 1. The number of hydrogen-bond acceptors (Lipinski definition) is 3. The van der Waals surface area contributed by atoms with E-state index in [9.17, 15) is 58.2 Å². The normalized spacial score (nSPS) is 14.7. The van der Waals surface area contributed by atoms with Gasteiger partial charge < -0.3 is 9.84 Å². The Morgan fingerprint density at radius 2 is 1.45 bits per heavy atom. The van der Waals surface area contributed by atoms with Crippen molar-refractivity contribution < 1.29 is 62.9 Å². The van der Waals surface area contributed by atoms with Gasteiger partial charge in [0.15, 0.2) is 6.61 Å². The Morgan fingerprint density at radius 3 is 1.91 bits per heavy atom. The summed E-state index contributed by atoms with van der Waals surface area (Å²) in [6.45, 7) is 3.40. The van der Waals surface area contributed by atoms with Crippen molar-refractivity contribution >= 4 is 5.97 Å². The third-order valence-corrected chi connectivity index (χ3v) is 4.50. The fourth-order valence-corrected chi connectivity index (χ4v) is 2.58. The molecule has 1 unspecified atom stereocenters. The first kappa shape index (κ1) is 28.7. The number of ether oxygens (including phenoxy) is 1. The fourth-order valence-electron chi connectivity index (χ4n) is 2.58. The van der Waals surface area contributed by atoms with Crippen molar-refractivity contribution in [2.24, 2.45) is 0 Å². The van der Waals surface area contributed by atoms with Crippen molar-refractivity contribution in [2.75, 3.05) is 6.61 Å². The molecule has 1 N–H and O–H groups in total. The van der Waals surface area contributed by atoms with Gasteiger partial charge in [-0.1, -0.05) is 30.3 Å². The van der Waals surface area contributed by atoms with Gasteiger partial charge in [0.05, 0.1) is 6.10 Å². The highest BCUT2D eigenvalue weighted by Gasteiger charge is 2.87. The van der Waals surface area contributed by atoms with Crippen molar-refractivity contribution in [3.63, 3.8) is 0 Å². The summed E-state index contributed by atoms with van der Waals surface area (Å²) in [7, 11) is 0. The minimum absolute atomic E-state index is 0.264. The van der Waals surface area contributed by atoms with Crippen molar-refractivity contribution in [3.05, 3.63) is 47.0 Å². The van der Waals surface area contributed by atoms with Crippen LogP contribution in [-0.2, 0) is 9.53 Å². The molecule has 188 valence electrons. The van der Waals surface area contributed by atoms with E-state index in [1.807, 2.05) is 0 Å². The van der Waals surface area contributed by atoms with Crippen molar-refractivity contribution in [3.8, 4) is 0 Å². The number of carbonyl (C=O) groups excluding carboxylic acids is 1. The van der Waals surface area contributed by atoms with Crippen LogP contribution in [0.4, 0.5) is 48.3 Å². The second-order valence-corrected chi connectivity index (χ2v) is 7.19. The van der Waals surface area contributed by atoms with Crippen molar-refractivity contribution in [1.29, 1.82) is 0 Å². The molecule has 0 radical (unpaired) electrons. The molecule has 0 aromatic heterocycles. The SMILES string of the molecule is C=C(CC(O)c1ccc(C)cc1C)C(=O)OCC(F)(F)C(F)(F)C(F)(F)C(F)(F)C(F)(F)F. The van der Waals surface area contributed by atoms with Crippen molar-refractivity contribution in [1.82, 2.24) is 0 Å². The van der Waals surface area contributed by atoms with Crippen LogP contribution >= 0.6 is 0 Å². The number of hydrogen-bond donors (Lipinski definition) is 1. The lowest BCUT2D eigenvalue weighted by molar-refractivity contribution is -0.423. The molecule has 1 rings (SSSR count). The minimum atomic E-state index is -7.59. The van der Waals surface area contributed by atoms with Crippen LogP contribution in [0, 0.1) is 13.8 Å². The molecule has 0 amide bonds. The molecular weight excluding hydrogens is 485 g/mol. The van der Waals surface area contributed by atoms with Crippen LogP contribution < -0.4 is 0 Å². The van der Waals surface area contributed by atoms with E-state index in [-0.39, 0.29) is 5.56 Å². The summed E-state index contributed by atoms with van der Waals surface area (Å²) in [5.41, 5.74) is 0.815. The Labute approximate surface area is 179 Å². The van der Waals surface area contributed by atoms with Gasteiger partial charge in [-0.05, 0) is 25.0 Å². The Hall–Kier alpha value is -2.38. The maximum atomic E-state index is 13.6. The molecule has 0 saturated carbocycles. The number of rotatable bonds is 9. The molecular formula is C19H17F11O3. The second kappa shape index (κ2) is 9.11. The number of aliphatic hydroxyl groups is 1. The maximum Gasteiger partial charge on any atom is 0.460 e. The van der Waals surface area contributed by atoms with Crippen LogP contribution in [0.25, 0.3) is 0 Å². The van der Waals surface area contributed by atoms with E-state index < -0.39 is 60.5 Å². The third-order valence-electron chi connectivity index (χ3n) is 4.50. The molecule has 0 bridgehead atoms. The average molecular weight is 502 g/mol. The minimum Gasteiger partial charge on any atom is -0.456 e. The predicted molar refractivity (Wildman–Crippen MR) is 91.4 cm³/mol. The summed E-state index contributed by atoms with van der Waals surface area (Å²) in [6, 6.07) is 4.66. The van der Waals surface area contributed by atoms with Crippen LogP contribution in [0.15, 0.2) is 30.4 Å². The van der Waals surface area contributed by atoms with E-state index in [0.29, 0.717) is 5.56 Å². The van der Waals surface area contributed by atoms with Gasteiger partial charge in [-0.2, -0.15) is 48.3 Å². The van der Waals surface area contributed by atoms with Gasteiger partial charge in [0.25, 0.3) is 0 Å². The number of halogens is 11. The quantitative estimate of drug-likeness (QED) is 0.259. The molecule has 14 heteroatoms. The molecule has 0 aliphatic carbocycles. The van der Waals surface area contributed by atoms with E-state index in [4.69, 9.17) is 0 Å². The fraction of sp³-hybridized carbons (Fsp3) is 0.526. The van der Waals surface area contributed by atoms with Crippen LogP contribution in [0.3, 0.4) is 0 Å². The van der Waals surface area contributed by atoms with Crippen LogP contribution in [0.1, 0.15) is 29.2 Å². The highest BCUT2D eigenvalue weighted by Crippen LogP contribution is 2.57. The average Bonchev–Trinajstić information content (AvgIpc) is 2.64. The number of benzene rings is 1. The molecule has 0 aliphatic heterocycles. The summed E-state index contributed by atoms with van der Waals surface area (Å²) in [4.78, 5) is 11.7. The topological polar surface area (TPSA) is 46.5 Å². The zero-order valence-corrected chi connectivity index (χ0v) is 16.9. The summed E-state index contributed by atoms with van der Waals surface area (Å²) >= 11 is 0. The summed E-state index contributed by atoms with van der Waals surface area (Å²) in [6.07, 6.45) is -9.43. The van der Waals surface area contributed by atoms with E-state index in [2.05, 4.69) is 11.3 Å². The first-order valence-corrected chi connectivity index (χ1v) is 8.78. The molecule has 1 aromatic carbocycles. The number of carbonyl (C=O) groups is 1. The molecule has 0 fully saturated rings. The highest BCUT2D eigenvalue weighted by atomic mass is 19.4. The second-order valence-electron chi connectivity index (χ2n) is 7.19. The predicted octanol–water partition coefficient (Wildman–Crippen LogP) is 5.93. The zero-order valence-electron chi connectivity index (χ0n) is 16.9. The van der Waals surface area contributed by atoms with Gasteiger partial charge in [0.2, 0.25) is 0 Å². The molecule has 0 aliphatic rings. The maximum absolute atomic E-state index is 13.6. The number of esters is 1. The Balaban J connectivity index is 2.94. The highest BCUT2D eigenvalue weighted by molar-refractivity contribution is 5.87. The van der Waals surface area contributed by atoms with Gasteiger partial charge in [-0.25, -0.2) is 4.79 Å². The Morgan fingerprint density at radius 1 is 0.939 bits per heavy atom. The summed E-state index contributed by atoms with van der Waals surface area (Å²) in [5, 5.41) is 10.1. The zero-order chi connectivity index (χ0) is 26.2. The molecule has 0 heterocycles. The van der Waals surface area contributed by atoms with Crippen molar-refractivity contribution in [2.45, 2.75) is 56.2 Å². The molecule has 0 saturated heterocycles. The lowest BCUT2D eigenvalue weighted by Gasteiger charge is -2.36. The van der Waals surface area contributed by atoms with Crippen LogP contribution in [0.2, 0.25) is 0 Å². The molecule has 0 spiro atoms. The molecule has 1 aromatic rings. The number of aryl methyl sites for hydroxylation is 2. The first-order chi connectivity index (χ1) is 14.6. The van der Waals surface area contributed by atoms with Crippen LogP contribution in [0.5, 0.6) is 0 Å². The smallest absolute Gasteiger partial charge is 0.456 e. The monoisotopic (exact) mass is 502 g/mol. The lowest BCUT2D eigenvalue weighted by atomic mass is 9.97. The third kappa shape index (κ3) is 5.41. The van der Waals surface area contributed by atoms with Gasteiger partial charge in [-0.3, -0.25) is 0 Å².